The fraction of sp³-hybridized carbons (Fsp3) is 0.417. The first-order valence-corrected chi connectivity index (χ1v) is 5.42. The van der Waals surface area contributed by atoms with E-state index in [0.717, 1.165) is 24.2 Å². The lowest BCUT2D eigenvalue weighted by Crippen LogP contribution is -2.36. The summed E-state index contributed by atoms with van der Waals surface area (Å²) in [5.41, 5.74) is 1.94. The Morgan fingerprint density at radius 3 is 2.73 bits per heavy atom. The molecule has 1 aliphatic heterocycles. The highest BCUT2D eigenvalue weighted by molar-refractivity contribution is 5.99. The van der Waals surface area contributed by atoms with E-state index in [-0.39, 0.29) is 12.1 Å². The summed E-state index contributed by atoms with van der Waals surface area (Å²) in [4.78, 5) is 13.9. The number of hydrogen-bond acceptors (Lipinski definition) is 2. The Morgan fingerprint density at radius 1 is 1.33 bits per heavy atom. The van der Waals surface area contributed by atoms with Gasteiger partial charge in [0, 0.05) is 17.7 Å². The van der Waals surface area contributed by atoms with Crippen LogP contribution in [-0.2, 0) is 0 Å². The predicted molar refractivity (Wildman–Crippen MR) is 59.6 cm³/mol. The lowest BCUT2D eigenvalue weighted by molar-refractivity contribution is 0.0709. The summed E-state index contributed by atoms with van der Waals surface area (Å²) in [7, 11) is 0. The fourth-order valence-corrected chi connectivity index (χ4v) is 2.11. The second kappa shape index (κ2) is 4.03. The van der Waals surface area contributed by atoms with Gasteiger partial charge in [-0.2, -0.15) is 0 Å². The van der Waals surface area contributed by atoms with Gasteiger partial charge < -0.3 is 4.90 Å². The molecule has 0 saturated carbocycles. The molecule has 15 heavy (non-hydrogen) atoms. The highest BCUT2D eigenvalue weighted by atomic mass is 16.2. The molecule has 0 fully saturated rings. The Kier molecular flexibility index (Phi) is 2.73. The number of nitrogens with one attached hydrogen (secondary N) is 1. The van der Waals surface area contributed by atoms with E-state index < -0.39 is 0 Å². The molecule has 0 saturated heterocycles. The number of rotatable bonds is 3. The van der Waals surface area contributed by atoms with Crippen molar-refractivity contribution in [3.05, 3.63) is 35.4 Å². The van der Waals surface area contributed by atoms with Crippen LogP contribution >= 0.6 is 0 Å². The first kappa shape index (κ1) is 10.2. The second-order valence-electron chi connectivity index (χ2n) is 3.64. The molecule has 1 aromatic rings. The third kappa shape index (κ3) is 1.53. The molecule has 80 valence electrons. The summed E-state index contributed by atoms with van der Waals surface area (Å²) < 4.78 is 0. The zero-order valence-corrected chi connectivity index (χ0v) is 9.16. The normalized spacial score (nSPS) is 19.5. The van der Waals surface area contributed by atoms with Crippen molar-refractivity contribution >= 4 is 5.91 Å². The van der Waals surface area contributed by atoms with Gasteiger partial charge in [0.15, 0.2) is 0 Å². The standard InChI is InChI=1S/C12H16N2O/c1-3-13-11-9-7-5-6-8-10(9)12(15)14(11)4-2/h5-8,11,13H,3-4H2,1-2H3. The number of nitrogens with zero attached hydrogens (tertiary/aromatic N) is 1. The largest absolute Gasteiger partial charge is 0.319 e. The molecule has 1 aliphatic rings. The summed E-state index contributed by atoms with van der Waals surface area (Å²) >= 11 is 0. The Labute approximate surface area is 90.1 Å². The van der Waals surface area contributed by atoms with Crippen molar-refractivity contribution in [3.63, 3.8) is 0 Å². The molecule has 0 spiro atoms. The molecule has 1 aromatic carbocycles. The van der Waals surface area contributed by atoms with Crippen LogP contribution in [0.2, 0.25) is 0 Å². The minimum atomic E-state index is 0.0590. The van der Waals surface area contributed by atoms with E-state index in [2.05, 4.69) is 12.2 Å². The van der Waals surface area contributed by atoms with Gasteiger partial charge >= 0.3 is 0 Å². The number of amides is 1. The lowest BCUT2D eigenvalue weighted by atomic mass is 10.1. The summed E-state index contributed by atoms with van der Waals surface area (Å²) in [6.07, 6.45) is 0.0590. The van der Waals surface area contributed by atoms with Crippen LogP contribution in [0.1, 0.15) is 35.9 Å². The highest BCUT2D eigenvalue weighted by Crippen LogP contribution is 2.30. The summed E-state index contributed by atoms with van der Waals surface area (Å²) in [6, 6.07) is 7.82. The van der Waals surface area contributed by atoms with Gasteiger partial charge in [-0.3, -0.25) is 10.1 Å². The molecule has 2 rings (SSSR count). The van der Waals surface area contributed by atoms with Gasteiger partial charge in [0.05, 0.1) is 0 Å². The van der Waals surface area contributed by atoms with Crippen LogP contribution < -0.4 is 5.32 Å². The number of carbonyl (C=O) groups is 1. The molecule has 1 amide bonds. The van der Waals surface area contributed by atoms with E-state index in [1.807, 2.05) is 36.1 Å². The van der Waals surface area contributed by atoms with Crippen molar-refractivity contribution in [2.75, 3.05) is 13.1 Å². The van der Waals surface area contributed by atoms with Crippen molar-refractivity contribution in [2.45, 2.75) is 20.0 Å². The smallest absolute Gasteiger partial charge is 0.255 e. The maximum Gasteiger partial charge on any atom is 0.255 e. The van der Waals surface area contributed by atoms with Gasteiger partial charge in [-0.15, -0.1) is 0 Å². The van der Waals surface area contributed by atoms with Gasteiger partial charge in [0.2, 0.25) is 0 Å². The summed E-state index contributed by atoms with van der Waals surface area (Å²) in [6.45, 7) is 5.67. The zero-order chi connectivity index (χ0) is 10.8. The van der Waals surface area contributed by atoms with E-state index in [1.54, 1.807) is 0 Å². The predicted octanol–water partition coefficient (Wildman–Crippen LogP) is 1.77. The van der Waals surface area contributed by atoms with E-state index in [0.29, 0.717) is 0 Å². The van der Waals surface area contributed by atoms with Gasteiger partial charge in [-0.25, -0.2) is 0 Å². The van der Waals surface area contributed by atoms with E-state index in [1.165, 1.54) is 0 Å². The molecule has 0 radical (unpaired) electrons. The summed E-state index contributed by atoms with van der Waals surface area (Å²) in [5.74, 6) is 0.138. The molecule has 0 aromatic heterocycles. The lowest BCUT2D eigenvalue weighted by Gasteiger charge is -2.24. The number of fused-ring (bicyclic) bond motifs is 1. The second-order valence-corrected chi connectivity index (χ2v) is 3.64. The van der Waals surface area contributed by atoms with Gasteiger partial charge in [-0.05, 0) is 19.5 Å². The van der Waals surface area contributed by atoms with Gasteiger partial charge in [0.1, 0.15) is 6.17 Å². The van der Waals surface area contributed by atoms with Crippen molar-refractivity contribution in [1.29, 1.82) is 0 Å². The molecule has 3 nitrogen and oxygen atoms in total. The maximum atomic E-state index is 12.0. The van der Waals surface area contributed by atoms with Crippen LogP contribution in [0.15, 0.2) is 24.3 Å². The van der Waals surface area contributed by atoms with Crippen LogP contribution in [0.4, 0.5) is 0 Å². The van der Waals surface area contributed by atoms with Crippen molar-refractivity contribution < 1.29 is 4.79 Å². The Balaban J connectivity index is 2.41. The zero-order valence-electron chi connectivity index (χ0n) is 9.16. The maximum absolute atomic E-state index is 12.0. The molecular weight excluding hydrogens is 188 g/mol. The first-order chi connectivity index (χ1) is 7.29. The molecule has 1 heterocycles. The van der Waals surface area contributed by atoms with Gasteiger partial charge in [-0.1, -0.05) is 25.1 Å². The monoisotopic (exact) mass is 204 g/mol. The van der Waals surface area contributed by atoms with E-state index in [4.69, 9.17) is 0 Å². The van der Waals surface area contributed by atoms with Crippen LogP contribution in [0.5, 0.6) is 0 Å². The van der Waals surface area contributed by atoms with Crippen LogP contribution in [0, 0.1) is 0 Å². The van der Waals surface area contributed by atoms with Crippen molar-refractivity contribution in [1.82, 2.24) is 10.2 Å². The van der Waals surface area contributed by atoms with Gasteiger partial charge in [0.25, 0.3) is 5.91 Å². The molecule has 0 bridgehead atoms. The average Bonchev–Trinajstić information content (AvgIpc) is 2.54. The molecule has 0 aliphatic carbocycles. The number of carbonyl (C=O) groups excluding carboxylic acids is 1. The minimum Gasteiger partial charge on any atom is -0.319 e. The van der Waals surface area contributed by atoms with E-state index >= 15 is 0 Å². The van der Waals surface area contributed by atoms with Crippen molar-refractivity contribution in [2.24, 2.45) is 0 Å². The topological polar surface area (TPSA) is 32.3 Å². The quantitative estimate of drug-likeness (QED) is 0.813. The highest BCUT2D eigenvalue weighted by Gasteiger charge is 2.34. The Morgan fingerprint density at radius 2 is 2.07 bits per heavy atom. The first-order valence-electron chi connectivity index (χ1n) is 5.42. The third-order valence-corrected chi connectivity index (χ3v) is 2.80. The SMILES string of the molecule is CCNC1c2ccccc2C(=O)N1CC. The molecule has 1 unspecified atom stereocenters. The Bertz CT molecular complexity index is 376. The minimum absolute atomic E-state index is 0.0590. The Hall–Kier alpha value is -1.35. The molecule has 1 atom stereocenters. The fourth-order valence-electron chi connectivity index (χ4n) is 2.11. The van der Waals surface area contributed by atoms with Crippen molar-refractivity contribution in [3.8, 4) is 0 Å². The average molecular weight is 204 g/mol. The van der Waals surface area contributed by atoms with Crippen LogP contribution in [-0.4, -0.2) is 23.9 Å². The number of hydrogen-bond donors (Lipinski definition) is 1. The van der Waals surface area contributed by atoms with Crippen LogP contribution in [0.25, 0.3) is 0 Å². The molecule has 3 heteroatoms. The molecule has 1 N–H and O–H groups in total. The molecular formula is C12H16N2O. The third-order valence-electron chi connectivity index (χ3n) is 2.80. The summed E-state index contributed by atoms with van der Waals surface area (Å²) in [5, 5.41) is 3.34. The number of benzene rings is 1. The van der Waals surface area contributed by atoms with E-state index in [9.17, 15) is 4.79 Å². The van der Waals surface area contributed by atoms with Crippen LogP contribution in [0.3, 0.4) is 0 Å².